The minimum Gasteiger partial charge on any atom is -0.370 e. The molecule has 1 atom stereocenters. The summed E-state index contributed by atoms with van der Waals surface area (Å²) in [5.74, 6) is 2.34. The molecule has 1 fully saturated rings. The lowest BCUT2D eigenvalue weighted by atomic mass is 10.1. The fourth-order valence-corrected chi connectivity index (χ4v) is 2.14. The molecule has 2 rings (SSSR count). The van der Waals surface area contributed by atoms with E-state index in [0.717, 1.165) is 24.8 Å². The van der Waals surface area contributed by atoms with Gasteiger partial charge in [-0.1, -0.05) is 0 Å². The molecule has 1 aliphatic rings. The van der Waals surface area contributed by atoms with Gasteiger partial charge >= 0.3 is 0 Å². The molecule has 0 spiro atoms. The lowest BCUT2D eigenvalue weighted by Gasteiger charge is -2.12. The van der Waals surface area contributed by atoms with Crippen LogP contribution in [0.15, 0.2) is 12.3 Å². The Morgan fingerprint density at radius 3 is 3.06 bits per heavy atom. The Labute approximate surface area is 103 Å². The van der Waals surface area contributed by atoms with Gasteiger partial charge in [-0.25, -0.2) is 4.98 Å². The summed E-state index contributed by atoms with van der Waals surface area (Å²) < 4.78 is 0. The molecule has 1 unspecified atom stereocenters. The summed E-state index contributed by atoms with van der Waals surface area (Å²) >= 11 is 0. The molecule has 5 nitrogen and oxygen atoms in total. The van der Waals surface area contributed by atoms with Gasteiger partial charge < -0.3 is 15.5 Å². The molecular weight excluding hydrogens is 214 g/mol. The van der Waals surface area contributed by atoms with Crippen LogP contribution in [-0.4, -0.2) is 48.1 Å². The Morgan fingerprint density at radius 1 is 1.47 bits per heavy atom. The molecule has 0 radical (unpaired) electrons. The zero-order valence-corrected chi connectivity index (χ0v) is 10.6. The third-order valence-electron chi connectivity index (χ3n) is 3.05. The van der Waals surface area contributed by atoms with Crippen LogP contribution in [0.4, 0.5) is 11.8 Å². The number of nitrogens with zero attached hydrogens (tertiary/aromatic N) is 3. The van der Waals surface area contributed by atoms with E-state index in [4.69, 9.17) is 0 Å². The Balaban J connectivity index is 1.83. The maximum absolute atomic E-state index is 4.40. The van der Waals surface area contributed by atoms with E-state index >= 15 is 0 Å². The largest absolute Gasteiger partial charge is 0.370 e. The zero-order chi connectivity index (χ0) is 12.1. The molecule has 0 saturated carbocycles. The topological polar surface area (TPSA) is 53.1 Å². The Morgan fingerprint density at radius 2 is 2.35 bits per heavy atom. The van der Waals surface area contributed by atoms with Crippen molar-refractivity contribution in [3.05, 3.63) is 12.3 Å². The Kier molecular flexibility index (Phi) is 4.14. The number of anilines is 2. The summed E-state index contributed by atoms with van der Waals surface area (Å²) in [6.07, 6.45) is 3.06. The highest BCUT2D eigenvalue weighted by Gasteiger charge is 2.18. The molecule has 1 aromatic rings. The fraction of sp³-hybridized carbons (Fsp3) is 0.667. The van der Waals surface area contributed by atoms with Gasteiger partial charge in [0.05, 0.1) is 0 Å². The maximum atomic E-state index is 4.40. The lowest BCUT2D eigenvalue weighted by Crippen LogP contribution is -2.19. The first-order chi connectivity index (χ1) is 8.28. The van der Waals surface area contributed by atoms with Crippen LogP contribution in [0, 0.1) is 5.92 Å². The van der Waals surface area contributed by atoms with Gasteiger partial charge in [0.1, 0.15) is 5.82 Å². The summed E-state index contributed by atoms with van der Waals surface area (Å²) in [6, 6.07) is 1.92. The second-order valence-electron chi connectivity index (χ2n) is 4.59. The van der Waals surface area contributed by atoms with Crippen LogP contribution in [0.3, 0.4) is 0 Å². The van der Waals surface area contributed by atoms with Gasteiger partial charge in [-0.05, 0) is 38.9 Å². The summed E-state index contributed by atoms with van der Waals surface area (Å²) in [4.78, 5) is 10.9. The zero-order valence-electron chi connectivity index (χ0n) is 10.6. The highest BCUT2D eigenvalue weighted by Crippen LogP contribution is 2.15. The number of hydrogen-bond acceptors (Lipinski definition) is 5. The summed E-state index contributed by atoms with van der Waals surface area (Å²) in [5.41, 5.74) is 0. The van der Waals surface area contributed by atoms with E-state index in [0.29, 0.717) is 5.95 Å². The summed E-state index contributed by atoms with van der Waals surface area (Å²) in [7, 11) is 2.17. The molecule has 0 aromatic carbocycles. The van der Waals surface area contributed by atoms with Crippen molar-refractivity contribution in [2.45, 2.75) is 13.3 Å². The van der Waals surface area contributed by atoms with E-state index < -0.39 is 0 Å². The van der Waals surface area contributed by atoms with Crippen molar-refractivity contribution in [2.75, 3.05) is 43.9 Å². The predicted octanol–water partition coefficient (Wildman–Crippen LogP) is 1.27. The summed E-state index contributed by atoms with van der Waals surface area (Å²) in [5, 5.41) is 6.50. The van der Waals surface area contributed by atoms with Gasteiger partial charge in [0.15, 0.2) is 0 Å². The van der Waals surface area contributed by atoms with E-state index in [9.17, 15) is 0 Å². The molecule has 94 valence electrons. The lowest BCUT2D eigenvalue weighted by molar-refractivity contribution is 0.399. The number of likely N-dealkylation sites (tertiary alicyclic amines) is 1. The van der Waals surface area contributed by atoms with Gasteiger partial charge in [-0.2, -0.15) is 4.98 Å². The van der Waals surface area contributed by atoms with Crippen molar-refractivity contribution < 1.29 is 0 Å². The second kappa shape index (κ2) is 5.82. The minimum atomic E-state index is 0.695. The highest BCUT2D eigenvalue weighted by molar-refractivity contribution is 5.39. The van der Waals surface area contributed by atoms with Gasteiger partial charge in [0, 0.05) is 25.8 Å². The molecule has 0 amide bonds. The molecule has 17 heavy (non-hydrogen) atoms. The van der Waals surface area contributed by atoms with Gasteiger partial charge in [0.2, 0.25) is 5.95 Å². The van der Waals surface area contributed by atoms with Gasteiger partial charge in [-0.3, -0.25) is 0 Å². The Hall–Kier alpha value is -1.36. The van der Waals surface area contributed by atoms with Crippen LogP contribution in [-0.2, 0) is 0 Å². The highest BCUT2D eigenvalue weighted by atomic mass is 15.1. The number of aromatic nitrogens is 2. The third kappa shape index (κ3) is 3.56. The van der Waals surface area contributed by atoms with E-state index in [2.05, 4.69) is 32.5 Å². The normalized spacial score (nSPS) is 20.5. The van der Waals surface area contributed by atoms with Gasteiger partial charge in [0.25, 0.3) is 0 Å². The molecule has 0 aliphatic carbocycles. The van der Waals surface area contributed by atoms with Crippen LogP contribution in [0.1, 0.15) is 13.3 Å². The fourth-order valence-electron chi connectivity index (χ4n) is 2.14. The van der Waals surface area contributed by atoms with Crippen LogP contribution in [0.25, 0.3) is 0 Å². The number of nitrogens with one attached hydrogen (secondary N) is 2. The number of hydrogen-bond donors (Lipinski definition) is 2. The first-order valence-corrected chi connectivity index (χ1v) is 6.27. The van der Waals surface area contributed by atoms with Crippen molar-refractivity contribution >= 4 is 11.8 Å². The predicted molar refractivity (Wildman–Crippen MR) is 70.3 cm³/mol. The third-order valence-corrected chi connectivity index (χ3v) is 3.05. The quantitative estimate of drug-likeness (QED) is 0.805. The second-order valence-corrected chi connectivity index (χ2v) is 4.59. The van der Waals surface area contributed by atoms with E-state index in [1.165, 1.54) is 19.5 Å². The minimum absolute atomic E-state index is 0.695. The van der Waals surface area contributed by atoms with E-state index in [1.807, 2.05) is 13.0 Å². The first kappa shape index (κ1) is 12.1. The van der Waals surface area contributed by atoms with Crippen LogP contribution < -0.4 is 10.6 Å². The van der Waals surface area contributed by atoms with Crippen molar-refractivity contribution in [1.29, 1.82) is 0 Å². The van der Waals surface area contributed by atoms with Crippen LogP contribution in [0.2, 0.25) is 0 Å². The van der Waals surface area contributed by atoms with Crippen molar-refractivity contribution in [3.63, 3.8) is 0 Å². The van der Waals surface area contributed by atoms with Gasteiger partial charge in [-0.15, -0.1) is 0 Å². The number of rotatable bonds is 5. The van der Waals surface area contributed by atoms with Crippen molar-refractivity contribution in [3.8, 4) is 0 Å². The maximum Gasteiger partial charge on any atom is 0.224 e. The van der Waals surface area contributed by atoms with Crippen molar-refractivity contribution in [1.82, 2.24) is 14.9 Å². The average Bonchev–Trinajstić information content (AvgIpc) is 2.74. The molecule has 1 aliphatic heterocycles. The monoisotopic (exact) mass is 235 g/mol. The molecule has 5 heteroatoms. The van der Waals surface area contributed by atoms with Crippen LogP contribution in [0.5, 0.6) is 0 Å². The Bertz CT molecular complexity index is 355. The smallest absolute Gasteiger partial charge is 0.224 e. The van der Waals surface area contributed by atoms with E-state index in [-0.39, 0.29) is 0 Å². The van der Waals surface area contributed by atoms with Crippen LogP contribution >= 0.6 is 0 Å². The molecule has 2 heterocycles. The molecule has 1 aromatic heterocycles. The summed E-state index contributed by atoms with van der Waals surface area (Å²) in [6.45, 7) is 6.26. The SMILES string of the molecule is CCNc1nccc(NCC2CCN(C)C2)n1. The first-order valence-electron chi connectivity index (χ1n) is 6.27. The molecule has 2 N–H and O–H groups in total. The van der Waals surface area contributed by atoms with E-state index in [1.54, 1.807) is 6.20 Å². The molecular formula is C12H21N5. The molecule has 1 saturated heterocycles. The average molecular weight is 235 g/mol. The van der Waals surface area contributed by atoms with Crippen molar-refractivity contribution in [2.24, 2.45) is 5.92 Å². The molecule has 0 bridgehead atoms. The standard InChI is InChI=1S/C12H21N5/c1-3-13-12-14-6-4-11(16-12)15-8-10-5-7-17(2)9-10/h4,6,10H,3,5,7-9H2,1-2H3,(H2,13,14,15,16).